The molecule has 0 aliphatic heterocycles. The summed E-state index contributed by atoms with van der Waals surface area (Å²) < 4.78 is 0. The van der Waals surface area contributed by atoms with Gasteiger partial charge in [0.15, 0.2) is 5.69 Å². The van der Waals surface area contributed by atoms with Gasteiger partial charge in [0.1, 0.15) is 0 Å². The molecule has 21 heavy (non-hydrogen) atoms. The van der Waals surface area contributed by atoms with Gasteiger partial charge in [-0.25, -0.2) is 9.78 Å². The maximum Gasteiger partial charge on any atom is 0.354 e. The molecule has 8 heteroatoms. The number of nitrogens with one attached hydrogen (secondary N) is 1. The molecule has 2 N–H and O–H groups in total. The van der Waals surface area contributed by atoms with Crippen molar-refractivity contribution in [2.75, 3.05) is 11.1 Å². The first-order valence-electron chi connectivity index (χ1n) is 6.79. The van der Waals surface area contributed by atoms with Crippen molar-refractivity contribution in [3.05, 3.63) is 27.9 Å². The summed E-state index contributed by atoms with van der Waals surface area (Å²) >= 11 is 1.81. The SMILES string of the molecule is CCSC1CCCC1Nc1nc(C(=O)O)ccc1[N+](=O)[O-]. The normalized spacial score (nSPS) is 21.2. The number of carbonyl (C=O) groups is 1. The van der Waals surface area contributed by atoms with Gasteiger partial charge < -0.3 is 10.4 Å². The molecule has 0 radical (unpaired) electrons. The van der Waals surface area contributed by atoms with Crippen LogP contribution in [-0.2, 0) is 0 Å². The van der Waals surface area contributed by atoms with Gasteiger partial charge in [-0.2, -0.15) is 11.8 Å². The smallest absolute Gasteiger partial charge is 0.354 e. The van der Waals surface area contributed by atoms with Crippen molar-refractivity contribution in [2.24, 2.45) is 0 Å². The van der Waals surface area contributed by atoms with Gasteiger partial charge in [0.2, 0.25) is 5.82 Å². The highest BCUT2D eigenvalue weighted by atomic mass is 32.2. The molecule has 0 spiro atoms. The van der Waals surface area contributed by atoms with Gasteiger partial charge >= 0.3 is 11.7 Å². The van der Waals surface area contributed by atoms with Gasteiger partial charge in [-0.1, -0.05) is 13.3 Å². The predicted molar refractivity (Wildman–Crippen MR) is 81.0 cm³/mol. The van der Waals surface area contributed by atoms with E-state index < -0.39 is 10.9 Å². The van der Waals surface area contributed by atoms with Crippen molar-refractivity contribution in [1.29, 1.82) is 0 Å². The molecule has 7 nitrogen and oxygen atoms in total. The third-order valence-electron chi connectivity index (χ3n) is 3.45. The molecule has 0 bridgehead atoms. The van der Waals surface area contributed by atoms with Gasteiger partial charge in [0.05, 0.1) is 4.92 Å². The van der Waals surface area contributed by atoms with Crippen LogP contribution in [-0.4, -0.2) is 38.0 Å². The van der Waals surface area contributed by atoms with E-state index >= 15 is 0 Å². The minimum absolute atomic E-state index is 0.0495. The maximum absolute atomic E-state index is 11.1. The summed E-state index contributed by atoms with van der Waals surface area (Å²) in [5, 5.41) is 23.5. The van der Waals surface area contributed by atoms with E-state index in [0.717, 1.165) is 31.1 Å². The maximum atomic E-state index is 11.1. The highest BCUT2D eigenvalue weighted by molar-refractivity contribution is 7.99. The molecule has 0 aromatic carbocycles. The third-order valence-corrected chi connectivity index (χ3v) is 4.77. The van der Waals surface area contributed by atoms with E-state index in [2.05, 4.69) is 17.2 Å². The fraction of sp³-hybridized carbons (Fsp3) is 0.538. The molecule has 0 saturated heterocycles. The summed E-state index contributed by atoms with van der Waals surface area (Å²) in [6.45, 7) is 2.08. The van der Waals surface area contributed by atoms with Crippen LogP contribution in [0.2, 0.25) is 0 Å². The van der Waals surface area contributed by atoms with Gasteiger partial charge in [0.25, 0.3) is 0 Å². The summed E-state index contributed by atoms with van der Waals surface area (Å²) in [7, 11) is 0. The van der Waals surface area contributed by atoms with Crippen molar-refractivity contribution < 1.29 is 14.8 Å². The second-order valence-electron chi connectivity index (χ2n) is 4.80. The predicted octanol–water partition coefficient (Wildman–Crippen LogP) is 2.77. The lowest BCUT2D eigenvalue weighted by atomic mass is 10.2. The Morgan fingerprint density at radius 2 is 2.33 bits per heavy atom. The number of anilines is 1. The minimum Gasteiger partial charge on any atom is -0.477 e. The number of nitrogens with zero attached hydrogens (tertiary/aromatic N) is 2. The van der Waals surface area contributed by atoms with Gasteiger partial charge in [-0.05, 0) is 24.7 Å². The summed E-state index contributed by atoms with van der Waals surface area (Å²) in [6, 6.07) is 2.43. The average molecular weight is 311 g/mol. The molecule has 1 aliphatic rings. The zero-order valence-corrected chi connectivity index (χ0v) is 12.4. The summed E-state index contributed by atoms with van der Waals surface area (Å²) in [5.41, 5.74) is -0.382. The van der Waals surface area contributed by atoms with E-state index in [1.165, 1.54) is 6.07 Å². The number of rotatable bonds is 6. The largest absolute Gasteiger partial charge is 0.477 e. The van der Waals surface area contributed by atoms with E-state index in [0.29, 0.717) is 5.25 Å². The lowest BCUT2D eigenvalue weighted by molar-refractivity contribution is -0.384. The number of hydrogen-bond acceptors (Lipinski definition) is 6. The first-order valence-corrected chi connectivity index (χ1v) is 7.84. The van der Waals surface area contributed by atoms with Crippen molar-refractivity contribution >= 4 is 29.2 Å². The lowest BCUT2D eigenvalue weighted by Crippen LogP contribution is -2.27. The standard InChI is InChI=1S/C13H17N3O4S/c1-2-21-11-5-3-4-8(11)14-12-10(16(19)20)7-6-9(15-12)13(17)18/h6-8,11H,2-5H2,1H3,(H,14,15)(H,17,18). The third kappa shape index (κ3) is 3.63. The number of carboxylic acids is 1. The zero-order chi connectivity index (χ0) is 15.4. The number of hydrogen-bond donors (Lipinski definition) is 2. The monoisotopic (exact) mass is 311 g/mol. The Morgan fingerprint density at radius 3 is 2.95 bits per heavy atom. The number of carboxylic acid groups (broad SMARTS) is 1. The molecule has 1 aromatic rings. The molecule has 0 amide bonds. The topological polar surface area (TPSA) is 105 Å². The Morgan fingerprint density at radius 1 is 1.57 bits per heavy atom. The van der Waals surface area contributed by atoms with Gasteiger partial charge in [0, 0.05) is 17.4 Å². The quantitative estimate of drug-likeness (QED) is 0.614. The minimum atomic E-state index is -1.20. The Balaban J connectivity index is 2.26. The Labute approximate surface area is 126 Å². The van der Waals surface area contributed by atoms with Gasteiger partial charge in [-0.3, -0.25) is 10.1 Å². The second kappa shape index (κ2) is 6.75. The molecular formula is C13H17N3O4S. The average Bonchev–Trinajstić information content (AvgIpc) is 2.86. The first kappa shape index (κ1) is 15.6. The van der Waals surface area contributed by atoms with Crippen molar-refractivity contribution in [2.45, 2.75) is 37.5 Å². The number of pyridine rings is 1. The molecule has 1 aliphatic carbocycles. The Bertz CT molecular complexity index is 552. The van der Waals surface area contributed by atoms with Crippen LogP contribution in [0.25, 0.3) is 0 Å². The van der Waals surface area contributed by atoms with Crippen LogP contribution in [0.3, 0.4) is 0 Å². The van der Waals surface area contributed by atoms with Gasteiger partial charge in [-0.15, -0.1) is 0 Å². The lowest BCUT2D eigenvalue weighted by Gasteiger charge is -2.20. The van der Waals surface area contributed by atoms with Crippen LogP contribution in [0.1, 0.15) is 36.7 Å². The van der Waals surface area contributed by atoms with Crippen LogP contribution >= 0.6 is 11.8 Å². The molecule has 1 aromatic heterocycles. The number of nitro groups is 1. The molecular weight excluding hydrogens is 294 g/mol. The van der Waals surface area contributed by atoms with E-state index in [-0.39, 0.29) is 23.2 Å². The van der Waals surface area contributed by atoms with E-state index in [4.69, 9.17) is 5.11 Å². The van der Waals surface area contributed by atoms with Crippen molar-refractivity contribution in [1.82, 2.24) is 4.98 Å². The van der Waals surface area contributed by atoms with Crippen LogP contribution in [0.15, 0.2) is 12.1 Å². The Hall–Kier alpha value is -1.83. The van der Waals surface area contributed by atoms with Crippen molar-refractivity contribution in [3.63, 3.8) is 0 Å². The summed E-state index contributed by atoms with van der Waals surface area (Å²) in [5.74, 6) is -0.166. The van der Waals surface area contributed by atoms with Crippen LogP contribution in [0.5, 0.6) is 0 Å². The highest BCUT2D eigenvalue weighted by Crippen LogP contribution is 2.33. The molecule has 2 rings (SSSR count). The Kier molecular flexibility index (Phi) is 5.00. The fourth-order valence-corrected chi connectivity index (χ4v) is 3.70. The molecule has 1 heterocycles. The number of thioether (sulfide) groups is 1. The molecule has 1 fully saturated rings. The van der Waals surface area contributed by atoms with Crippen LogP contribution in [0.4, 0.5) is 11.5 Å². The second-order valence-corrected chi connectivity index (χ2v) is 6.32. The summed E-state index contributed by atoms with van der Waals surface area (Å²) in [6.07, 6.45) is 3.03. The van der Waals surface area contributed by atoms with E-state index in [1.807, 2.05) is 11.8 Å². The first-order chi connectivity index (χ1) is 10.0. The van der Waals surface area contributed by atoms with E-state index in [9.17, 15) is 14.9 Å². The fourth-order valence-electron chi connectivity index (χ4n) is 2.50. The molecule has 1 saturated carbocycles. The molecule has 2 atom stereocenters. The van der Waals surface area contributed by atoms with Crippen LogP contribution in [0, 0.1) is 10.1 Å². The zero-order valence-electron chi connectivity index (χ0n) is 11.6. The number of aromatic nitrogens is 1. The highest BCUT2D eigenvalue weighted by Gasteiger charge is 2.30. The number of aromatic carboxylic acids is 1. The summed E-state index contributed by atoms with van der Waals surface area (Å²) in [4.78, 5) is 25.4. The van der Waals surface area contributed by atoms with Crippen LogP contribution < -0.4 is 5.32 Å². The van der Waals surface area contributed by atoms with Crippen molar-refractivity contribution in [3.8, 4) is 0 Å². The molecule has 2 unspecified atom stereocenters. The van der Waals surface area contributed by atoms with E-state index in [1.54, 1.807) is 0 Å². The molecule has 114 valence electrons.